The lowest BCUT2D eigenvalue weighted by Crippen LogP contribution is -2.57. The number of hydrogen-bond donors (Lipinski definition) is 1. The van der Waals surface area contributed by atoms with E-state index < -0.39 is 0 Å². The highest BCUT2D eigenvalue weighted by atomic mass is 19.1. The van der Waals surface area contributed by atoms with Crippen molar-refractivity contribution in [2.24, 2.45) is 5.92 Å². The molecule has 7 nitrogen and oxygen atoms in total. The lowest BCUT2D eigenvalue weighted by Gasteiger charge is -2.39. The number of nitrogens with one attached hydrogen (secondary N) is 1. The van der Waals surface area contributed by atoms with Gasteiger partial charge in [0.25, 0.3) is 0 Å². The van der Waals surface area contributed by atoms with E-state index >= 15 is 0 Å². The summed E-state index contributed by atoms with van der Waals surface area (Å²) < 4.78 is 23.3. The van der Waals surface area contributed by atoms with Crippen LogP contribution in [0.1, 0.15) is 6.42 Å². The summed E-state index contributed by atoms with van der Waals surface area (Å²) in [5.41, 5.74) is 0.690. The van der Waals surface area contributed by atoms with Crippen molar-refractivity contribution < 1.29 is 18.4 Å². The van der Waals surface area contributed by atoms with E-state index in [9.17, 15) is 9.18 Å². The zero-order valence-corrected chi connectivity index (χ0v) is 12.2. The highest BCUT2D eigenvalue weighted by molar-refractivity contribution is 5.68. The van der Waals surface area contributed by atoms with Crippen molar-refractivity contribution in [3.05, 3.63) is 30.1 Å². The quantitative estimate of drug-likeness (QED) is 0.909. The van der Waals surface area contributed by atoms with Gasteiger partial charge in [-0.15, -0.1) is 0 Å². The molecule has 0 saturated carbocycles. The number of hydrogen-bond acceptors (Lipinski definition) is 6. The summed E-state index contributed by atoms with van der Waals surface area (Å²) in [6.45, 7) is 1.81. The first-order chi connectivity index (χ1) is 11.2. The number of alkyl carbamates (subject to hydrolysis) is 1. The molecular weight excluding hydrogens is 303 g/mol. The van der Waals surface area contributed by atoms with Crippen LogP contribution in [-0.4, -0.2) is 42.0 Å². The van der Waals surface area contributed by atoms with Crippen molar-refractivity contribution in [1.29, 1.82) is 0 Å². The molecule has 2 saturated heterocycles. The molecule has 2 aliphatic rings. The summed E-state index contributed by atoms with van der Waals surface area (Å²) in [6.07, 6.45) is 0.491. The maximum absolute atomic E-state index is 13.0. The van der Waals surface area contributed by atoms with E-state index in [1.807, 2.05) is 4.90 Å². The fourth-order valence-electron chi connectivity index (χ4n) is 2.97. The minimum absolute atomic E-state index is 0.0196. The number of amides is 1. The van der Waals surface area contributed by atoms with Gasteiger partial charge in [-0.2, -0.15) is 4.98 Å². The Kier molecular flexibility index (Phi) is 3.36. The standard InChI is InChI=1S/C15H15FN4O3/c16-11-3-1-9(2-4-11)13-18-14(23-19-13)20-6-5-10-8-22-15(21)17-12(10)7-20/h1-4,10,12H,5-8H2,(H,17,21)/t10-,12+/m1/s1. The second-order valence-corrected chi connectivity index (χ2v) is 5.75. The molecule has 1 N–H and O–H groups in total. The summed E-state index contributed by atoms with van der Waals surface area (Å²) >= 11 is 0. The fraction of sp³-hybridized carbons (Fsp3) is 0.400. The molecule has 0 unspecified atom stereocenters. The first-order valence-corrected chi connectivity index (χ1v) is 7.47. The lowest BCUT2D eigenvalue weighted by atomic mass is 9.92. The minimum Gasteiger partial charge on any atom is -0.449 e. The van der Waals surface area contributed by atoms with E-state index in [-0.39, 0.29) is 18.0 Å². The molecule has 2 aliphatic heterocycles. The van der Waals surface area contributed by atoms with E-state index in [2.05, 4.69) is 15.5 Å². The highest BCUT2D eigenvalue weighted by Gasteiger charge is 2.36. The molecule has 1 amide bonds. The molecule has 8 heteroatoms. The van der Waals surface area contributed by atoms with Crippen molar-refractivity contribution in [1.82, 2.24) is 15.5 Å². The zero-order valence-electron chi connectivity index (χ0n) is 12.2. The maximum atomic E-state index is 13.0. The van der Waals surface area contributed by atoms with Crippen LogP contribution in [0.15, 0.2) is 28.8 Å². The van der Waals surface area contributed by atoms with E-state index in [1.165, 1.54) is 12.1 Å². The molecule has 0 aliphatic carbocycles. The van der Waals surface area contributed by atoms with Crippen molar-refractivity contribution in [2.45, 2.75) is 12.5 Å². The Bertz CT molecular complexity index is 718. The Morgan fingerprint density at radius 3 is 2.96 bits per heavy atom. The predicted molar refractivity (Wildman–Crippen MR) is 78.3 cm³/mol. The number of rotatable bonds is 2. The molecule has 0 spiro atoms. The zero-order chi connectivity index (χ0) is 15.8. The number of nitrogens with zero attached hydrogens (tertiary/aromatic N) is 3. The van der Waals surface area contributed by atoms with Crippen LogP contribution in [0.5, 0.6) is 0 Å². The van der Waals surface area contributed by atoms with Gasteiger partial charge in [-0.25, -0.2) is 9.18 Å². The molecule has 1 aromatic heterocycles. The lowest BCUT2D eigenvalue weighted by molar-refractivity contribution is 0.0725. The van der Waals surface area contributed by atoms with Crippen molar-refractivity contribution in [3.63, 3.8) is 0 Å². The van der Waals surface area contributed by atoms with Gasteiger partial charge in [0.05, 0.1) is 12.6 Å². The number of ether oxygens (including phenoxy) is 1. The van der Waals surface area contributed by atoms with Crippen LogP contribution in [-0.2, 0) is 4.74 Å². The SMILES string of the molecule is O=C1N[C@H]2CN(c3nc(-c4ccc(F)cc4)no3)CC[C@@H]2CO1. The monoisotopic (exact) mass is 318 g/mol. The molecule has 4 rings (SSSR count). The number of fused-ring (bicyclic) bond motifs is 1. The van der Waals surface area contributed by atoms with Crippen LogP contribution in [0.2, 0.25) is 0 Å². The number of anilines is 1. The number of carbonyl (C=O) groups is 1. The topological polar surface area (TPSA) is 80.5 Å². The van der Waals surface area contributed by atoms with Crippen molar-refractivity contribution >= 4 is 12.1 Å². The summed E-state index contributed by atoms with van der Waals surface area (Å²) in [7, 11) is 0. The van der Waals surface area contributed by atoms with Gasteiger partial charge in [-0.3, -0.25) is 0 Å². The van der Waals surface area contributed by atoms with E-state index in [0.29, 0.717) is 36.5 Å². The van der Waals surface area contributed by atoms with Gasteiger partial charge in [-0.05, 0) is 30.7 Å². The molecule has 3 heterocycles. The summed E-state index contributed by atoms with van der Waals surface area (Å²) in [4.78, 5) is 17.7. The van der Waals surface area contributed by atoms with Crippen LogP contribution in [0.3, 0.4) is 0 Å². The third kappa shape index (κ3) is 2.71. The number of carbonyl (C=O) groups excluding carboxylic acids is 1. The summed E-state index contributed by atoms with van der Waals surface area (Å²) in [5, 5.41) is 6.78. The van der Waals surface area contributed by atoms with Gasteiger partial charge in [0.1, 0.15) is 5.82 Å². The smallest absolute Gasteiger partial charge is 0.407 e. The second kappa shape index (κ2) is 5.53. The van der Waals surface area contributed by atoms with Crippen LogP contribution < -0.4 is 10.2 Å². The van der Waals surface area contributed by atoms with Crippen LogP contribution in [0.25, 0.3) is 11.4 Å². The Balaban J connectivity index is 1.50. The molecule has 0 bridgehead atoms. The van der Waals surface area contributed by atoms with E-state index in [4.69, 9.17) is 9.26 Å². The van der Waals surface area contributed by atoms with Gasteiger partial charge in [-0.1, -0.05) is 5.16 Å². The fourth-order valence-corrected chi connectivity index (χ4v) is 2.97. The average molecular weight is 318 g/mol. The third-order valence-electron chi connectivity index (χ3n) is 4.28. The van der Waals surface area contributed by atoms with E-state index in [1.54, 1.807) is 12.1 Å². The molecule has 23 heavy (non-hydrogen) atoms. The maximum Gasteiger partial charge on any atom is 0.407 e. The summed E-state index contributed by atoms with van der Waals surface area (Å²) in [6, 6.07) is 6.35. The van der Waals surface area contributed by atoms with Crippen LogP contribution in [0, 0.1) is 11.7 Å². The normalized spacial score (nSPS) is 23.9. The highest BCUT2D eigenvalue weighted by Crippen LogP contribution is 2.26. The summed E-state index contributed by atoms with van der Waals surface area (Å²) in [5.74, 6) is 0.413. The first kappa shape index (κ1) is 14.0. The molecular formula is C15H15FN4O3. The Morgan fingerprint density at radius 1 is 1.30 bits per heavy atom. The van der Waals surface area contributed by atoms with Crippen LogP contribution >= 0.6 is 0 Å². The predicted octanol–water partition coefficient (Wildman–Crippen LogP) is 1.81. The van der Waals surface area contributed by atoms with Gasteiger partial charge in [0.2, 0.25) is 5.82 Å². The number of cyclic esters (lactones) is 1. The van der Waals surface area contributed by atoms with E-state index in [0.717, 1.165) is 13.0 Å². The first-order valence-electron chi connectivity index (χ1n) is 7.47. The Hall–Kier alpha value is -2.64. The molecule has 120 valence electrons. The number of aromatic nitrogens is 2. The number of halogens is 1. The average Bonchev–Trinajstić information content (AvgIpc) is 3.05. The van der Waals surface area contributed by atoms with Crippen molar-refractivity contribution in [3.8, 4) is 11.4 Å². The Morgan fingerprint density at radius 2 is 2.13 bits per heavy atom. The minimum atomic E-state index is -0.384. The van der Waals surface area contributed by atoms with Crippen LogP contribution in [0.4, 0.5) is 15.2 Å². The number of piperidine rings is 1. The molecule has 2 aromatic rings. The molecule has 2 fully saturated rings. The third-order valence-corrected chi connectivity index (χ3v) is 4.28. The molecule has 0 radical (unpaired) electrons. The van der Waals surface area contributed by atoms with Gasteiger partial charge in [0.15, 0.2) is 0 Å². The Labute approximate surface area is 131 Å². The van der Waals surface area contributed by atoms with Gasteiger partial charge < -0.3 is 19.5 Å². The molecule has 2 atom stereocenters. The van der Waals surface area contributed by atoms with Gasteiger partial charge >= 0.3 is 12.1 Å². The van der Waals surface area contributed by atoms with Gasteiger partial charge in [0, 0.05) is 24.6 Å². The number of benzene rings is 1. The second-order valence-electron chi connectivity index (χ2n) is 5.75. The van der Waals surface area contributed by atoms with Crippen molar-refractivity contribution in [2.75, 3.05) is 24.6 Å². The largest absolute Gasteiger partial charge is 0.449 e. The molecule has 1 aromatic carbocycles.